The fourth-order valence-electron chi connectivity index (χ4n) is 3.52. The van der Waals surface area contributed by atoms with Crippen molar-refractivity contribution in [3.63, 3.8) is 0 Å². The van der Waals surface area contributed by atoms with Gasteiger partial charge in [-0.2, -0.15) is 0 Å². The zero-order chi connectivity index (χ0) is 24.6. The van der Waals surface area contributed by atoms with Crippen molar-refractivity contribution in [3.8, 4) is 5.75 Å². The summed E-state index contributed by atoms with van der Waals surface area (Å²) in [4.78, 5) is 37.3. The van der Waals surface area contributed by atoms with E-state index in [1.165, 1.54) is 30.3 Å². The van der Waals surface area contributed by atoms with Crippen LogP contribution in [0.2, 0.25) is 0 Å². The second-order valence-electron chi connectivity index (χ2n) is 7.38. The van der Waals surface area contributed by atoms with Crippen LogP contribution in [0.25, 0.3) is 11.2 Å². The number of nitrogens with zero attached hydrogens (tertiary/aromatic N) is 5. The van der Waals surface area contributed by atoms with E-state index in [2.05, 4.69) is 19.9 Å². The molecule has 0 aliphatic carbocycles. The van der Waals surface area contributed by atoms with Gasteiger partial charge >= 0.3 is 7.82 Å². The highest BCUT2D eigenvalue weighted by atomic mass is 31.2. The molecule has 0 amide bonds. The molecule has 0 saturated carbocycles. The summed E-state index contributed by atoms with van der Waals surface area (Å²) in [7, 11) is -4.86. The molecule has 4 heterocycles. The molecule has 0 spiro atoms. The molecular weight excluding hydrogens is 475 g/mol. The molecule has 0 aromatic carbocycles. The highest BCUT2D eigenvalue weighted by Gasteiger charge is 2.49. The van der Waals surface area contributed by atoms with Gasteiger partial charge in [0.25, 0.3) is 0 Å². The highest BCUT2D eigenvalue weighted by molar-refractivity contribution is 7.47. The molecule has 1 unspecified atom stereocenters. The van der Waals surface area contributed by atoms with E-state index in [0.717, 1.165) is 0 Å². The van der Waals surface area contributed by atoms with Gasteiger partial charge < -0.3 is 30.7 Å². The van der Waals surface area contributed by atoms with E-state index >= 15 is 0 Å². The van der Waals surface area contributed by atoms with Crippen LogP contribution in [0.4, 0.5) is 5.82 Å². The summed E-state index contributed by atoms with van der Waals surface area (Å²) in [5.74, 6) is -0.285. The first kappa shape index (κ1) is 24.1. The van der Waals surface area contributed by atoms with Crippen LogP contribution in [-0.4, -0.2) is 75.9 Å². The van der Waals surface area contributed by atoms with Crippen LogP contribution >= 0.6 is 7.82 Å². The summed E-state index contributed by atoms with van der Waals surface area (Å²) in [5.41, 5.74) is 6.32. The number of rotatable bonds is 8. The molecular formula is C18H21N6O9P. The molecule has 1 aliphatic heterocycles. The Morgan fingerprint density at radius 2 is 2.09 bits per heavy atom. The summed E-state index contributed by atoms with van der Waals surface area (Å²) >= 11 is 0. The number of phosphoric acid groups is 1. The first-order valence-electron chi connectivity index (χ1n) is 9.82. The number of pyridine rings is 1. The third-order valence-corrected chi connectivity index (χ3v) is 6.23. The zero-order valence-corrected chi connectivity index (χ0v) is 18.5. The van der Waals surface area contributed by atoms with E-state index in [4.69, 9.17) is 19.5 Å². The lowest BCUT2D eigenvalue weighted by molar-refractivity contribution is -0.0512. The van der Waals surface area contributed by atoms with Gasteiger partial charge in [-0.25, -0.2) is 19.5 Å². The molecule has 3 aromatic heterocycles. The van der Waals surface area contributed by atoms with Crippen LogP contribution in [0.5, 0.6) is 5.75 Å². The van der Waals surface area contributed by atoms with Crippen molar-refractivity contribution < 1.29 is 43.4 Å². The van der Waals surface area contributed by atoms with Gasteiger partial charge in [-0.05, 0) is 6.92 Å². The lowest BCUT2D eigenvalue weighted by atomic mass is 10.1. The average Bonchev–Trinajstić information content (AvgIpc) is 3.36. The number of hydrogen-bond donors (Lipinski definition) is 5. The number of aromatic nitrogens is 5. The van der Waals surface area contributed by atoms with Gasteiger partial charge in [-0.15, -0.1) is 0 Å². The third kappa shape index (κ3) is 4.37. The van der Waals surface area contributed by atoms with Gasteiger partial charge in [0.15, 0.2) is 24.0 Å². The molecule has 0 radical (unpaired) electrons. The Balaban J connectivity index is 1.52. The normalized spacial score (nSPS) is 24.4. The third-order valence-electron chi connectivity index (χ3n) is 5.26. The van der Waals surface area contributed by atoms with Gasteiger partial charge in [-0.3, -0.25) is 23.4 Å². The number of carbonyl (C=O) groups excluding carboxylic acids is 1. The van der Waals surface area contributed by atoms with Crippen LogP contribution < -0.4 is 5.73 Å². The monoisotopic (exact) mass is 496 g/mol. The second-order valence-corrected chi connectivity index (χ2v) is 8.79. The maximum Gasteiger partial charge on any atom is 0.472 e. The van der Waals surface area contributed by atoms with Crippen molar-refractivity contribution in [2.75, 3.05) is 12.3 Å². The summed E-state index contributed by atoms with van der Waals surface area (Å²) in [5, 5.41) is 30.4. The van der Waals surface area contributed by atoms with Crippen LogP contribution in [0.3, 0.4) is 0 Å². The quantitative estimate of drug-likeness (QED) is 0.197. The van der Waals surface area contributed by atoms with Gasteiger partial charge in [-0.1, -0.05) is 0 Å². The van der Waals surface area contributed by atoms with Crippen molar-refractivity contribution >= 4 is 31.1 Å². The molecule has 3 aromatic rings. The number of ether oxygens (including phenoxy) is 1. The van der Waals surface area contributed by atoms with E-state index < -0.39 is 45.6 Å². The predicted octanol–water partition coefficient (Wildman–Crippen LogP) is -0.417. The van der Waals surface area contributed by atoms with Crippen LogP contribution in [0.15, 0.2) is 18.9 Å². The number of aliphatic hydroxyl groups excluding tert-OH is 2. The number of aryl methyl sites for hydroxylation is 1. The summed E-state index contributed by atoms with van der Waals surface area (Å²) in [6, 6.07) is 0. The van der Waals surface area contributed by atoms with Crippen LogP contribution in [0.1, 0.15) is 27.8 Å². The number of aromatic hydroxyl groups is 1. The minimum Gasteiger partial charge on any atom is -0.505 e. The Morgan fingerprint density at radius 3 is 2.79 bits per heavy atom. The number of hydrogen-bond acceptors (Lipinski definition) is 13. The van der Waals surface area contributed by atoms with E-state index in [1.54, 1.807) is 0 Å². The first-order chi connectivity index (χ1) is 16.2. The molecule has 6 N–H and O–H groups in total. The summed E-state index contributed by atoms with van der Waals surface area (Å²) in [6.07, 6.45) is -1.40. The number of aldehydes is 1. The molecule has 0 bridgehead atoms. The molecule has 182 valence electrons. The van der Waals surface area contributed by atoms with E-state index in [0.29, 0.717) is 6.29 Å². The van der Waals surface area contributed by atoms with Gasteiger partial charge in [0.1, 0.15) is 35.9 Å². The zero-order valence-electron chi connectivity index (χ0n) is 17.6. The second kappa shape index (κ2) is 9.31. The van der Waals surface area contributed by atoms with E-state index in [-0.39, 0.29) is 39.6 Å². The van der Waals surface area contributed by atoms with Crippen LogP contribution in [-0.2, 0) is 25.0 Å². The van der Waals surface area contributed by atoms with Crippen molar-refractivity contribution in [2.45, 2.75) is 38.1 Å². The van der Waals surface area contributed by atoms with E-state index in [1.807, 2.05) is 0 Å². The Hall–Kier alpha value is -3.04. The maximum atomic E-state index is 12.6. The number of fused-ring (bicyclic) bond motifs is 1. The smallest absolute Gasteiger partial charge is 0.472 e. The largest absolute Gasteiger partial charge is 0.505 e. The van der Waals surface area contributed by atoms with Crippen molar-refractivity contribution in [1.29, 1.82) is 0 Å². The maximum absolute atomic E-state index is 12.6. The van der Waals surface area contributed by atoms with Gasteiger partial charge in [0.05, 0.1) is 30.8 Å². The average molecular weight is 496 g/mol. The lowest BCUT2D eigenvalue weighted by Gasteiger charge is -2.22. The summed E-state index contributed by atoms with van der Waals surface area (Å²) in [6.45, 7) is 0.207. The predicted molar refractivity (Wildman–Crippen MR) is 112 cm³/mol. The topological polar surface area (TPSA) is 225 Å². The Labute approximate surface area is 191 Å². The minimum atomic E-state index is -4.86. The SMILES string of the molecule is Cc1ncc(COP(=O)(O)O[C@H]2[C@@H](O)[C@H](n3cnc4c(N)ncnc43)O[C@@H]2CO)c(C=O)c1O. The van der Waals surface area contributed by atoms with Gasteiger partial charge in [0, 0.05) is 11.8 Å². The first-order valence-corrected chi connectivity index (χ1v) is 11.3. The molecule has 1 saturated heterocycles. The van der Waals surface area contributed by atoms with Gasteiger partial charge in [0.2, 0.25) is 0 Å². The van der Waals surface area contributed by atoms with Crippen molar-refractivity contribution in [2.24, 2.45) is 0 Å². The summed E-state index contributed by atoms with van der Waals surface area (Å²) < 4.78 is 29.6. The number of phosphoric ester groups is 1. The number of anilines is 1. The number of nitrogen functional groups attached to an aromatic ring is 1. The highest BCUT2D eigenvalue weighted by Crippen LogP contribution is 2.49. The number of nitrogens with two attached hydrogens (primary N) is 1. The molecule has 1 aliphatic rings. The Kier molecular flexibility index (Phi) is 6.60. The molecule has 15 nitrogen and oxygen atoms in total. The fourth-order valence-corrected chi connectivity index (χ4v) is 4.45. The number of imidazole rings is 1. The Bertz CT molecular complexity index is 1270. The molecule has 1 fully saturated rings. The molecule has 34 heavy (non-hydrogen) atoms. The Morgan fingerprint density at radius 1 is 1.32 bits per heavy atom. The lowest BCUT2D eigenvalue weighted by Crippen LogP contribution is -2.35. The number of aliphatic hydroxyl groups is 2. The van der Waals surface area contributed by atoms with E-state index in [9.17, 15) is 29.6 Å². The van der Waals surface area contributed by atoms with Crippen LogP contribution in [0, 0.1) is 6.92 Å². The molecule has 4 rings (SSSR count). The fraction of sp³-hybridized carbons (Fsp3) is 0.389. The minimum absolute atomic E-state index is 0.0398. The number of carbonyl (C=O) groups is 1. The van der Waals surface area contributed by atoms with Crippen molar-refractivity contribution in [3.05, 3.63) is 35.7 Å². The molecule has 5 atom stereocenters. The standard InChI is InChI=1S/C18H21N6O9P/c1-8-13(27)10(3-25)9(2-20-8)5-31-34(29,30)33-15-11(4-26)32-18(14(15)28)24-7-23-12-16(19)21-6-22-17(12)24/h2-3,6-7,11,14-15,18,26-28H,4-5H2,1H3,(H,29,30)(H2,19,21,22)/t11-,14-,15-,18-/m1/s1. The molecule has 16 heteroatoms. The van der Waals surface area contributed by atoms with Crippen molar-refractivity contribution in [1.82, 2.24) is 24.5 Å².